The van der Waals surface area contributed by atoms with Gasteiger partial charge in [0.2, 0.25) is 11.7 Å². The Morgan fingerprint density at radius 3 is 2.33 bits per heavy atom. The summed E-state index contributed by atoms with van der Waals surface area (Å²) in [6.45, 7) is 1.66. The van der Waals surface area contributed by atoms with Gasteiger partial charge >= 0.3 is 0 Å². The number of halogens is 1. The normalized spacial score (nSPS) is 16.5. The largest absolute Gasteiger partial charge is 0.493 e. The standard InChI is InChI=1S/C17H26N2O4.ClH/c1-18-11-13-6-5-7-19(13)16(20)10-12-8-14(21-2)17(23-4)15(9-12)22-3;/h8-9,13,18H,5-7,10-11H2,1-4H3;1H. The number of amides is 1. The lowest BCUT2D eigenvalue weighted by Gasteiger charge is -2.25. The summed E-state index contributed by atoms with van der Waals surface area (Å²) in [5, 5.41) is 3.16. The van der Waals surface area contributed by atoms with Gasteiger partial charge in [-0.2, -0.15) is 0 Å². The summed E-state index contributed by atoms with van der Waals surface area (Å²) in [7, 11) is 6.64. The van der Waals surface area contributed by atoms with Crippen molar-refractivity contribution in [2.75, 3.05) is 41.5 Å². The second-order valence-corrected chi connectivity index (χ2v) is 5.65. The minimum atomic E-state index is 0. The summed E-state index contributed by atoms with van der Waals surface area (Å²) < 4.78 is 16.0. The van der Waals surface area contributed by atoms with Gasteiger partial charge in [0.15, 0.2) is 11.5 Å². The molecule has 0 bridgehead atoms. The molecule has 1 unspecified atom stereocenters. The fourth-order valence-corrected chi connectivity index (χ4v) is 3.13. The lowest BCUT2D eigenvalue weighted by atomic mass is 10.1. The number of nitrogens with one attached hydrogen (secondary N) is 1. The molecular formula is C17H27ClN2O4. The number of methoxy groups -OCH3 is 3. The maximum atomic E-state index is 12.6. The van der Waals surface area contributed by atoms with Crippen molar-refractivity contribution in [2.45, 2.75) is 25.3 Å². The second kappa shape index (κ2) is 9.59. The average Bonchev–Trinajstić information content (AvgIpc) is 3.02. The van der Waals surface area contributed by atoms with E-state index in [9.17, 15) is 4.79 Å². The van der Waals surface area contributed by atoms with E-state index >= 15 is 0 Å². The first-order valence-corrected chi connectivity index (χ1v) is 7.87. The molecule has 0 aliphatic carbocycles. The molecule has 1 N–H and O–H groups in total. The second-order valence-electron chi connectivity index (χ2n) is 5.65. The molecule has 1 amide bonds. The van der Waals surface area contributed by atoms with Crippen molar-refractivity contribution in [2.24, 2.45) is 0 Å². The molecule has 0 saturated carbocycles. The molecule has 6 nitrogen and oxygen atoms in total. The maximum absolute atomic E-state index is 12.6. The number of hydrogen-bond acceptors (Lipinski definition) is 5. The third-order valence-electron chi connectivity index (χ3n) is 4.22. The van der Waals surface area contributed by atoms with Gasteiger partial charge in [0.05, 0.1) is 27.8 Å². The van der Waals surface area contributed by atoms with Gasteiger partial charge in [0.1, 0.15) is 0 Å². The SMILES string of the molecule is CNCC1CCCN1C(=O)Cc1cc(OC)c(OC)c(OC)c1.Cl. The highest BCUT2D eigenvalue weighted by atomic mass is 35.5. The molecular weight excluding hydrogens is 332 g/mol. The van der Waals surface area contributed by atoms with Crippen LogP contribution in [0.5, 0.6) is 17.2 Å². The first kappa shape index (κ1) is 20.4. The molecule has 136 valence electrons. The molecule has 1 aliphatic rings. The molecule has 1 aliphatic heterocycles. The van der Waals surface area contributed by atoms with Gasteiger partial charge in [0.25, 0.3) is 0 Å². The zero-order chi connectivity index (χ0) is 16.8. The van der Waals surface area contributed by atoms with Crippen LogP contribution in [0.3, 0.4) is 0 Å². The van der Waals surface area contributed by atoms with Crippen LogP contribution in [0.2, 0.25) is 0 Å². The summed E-state index contributed by atoms with van der Waals surface area (Å²) in [4.78, 5) is 14.6. The third-order valence-corrected chi connectivity index (χ3v) is 4.22. The molecule has 0 radical (unpaired) electrons. The summed E-state index contributed by atoms with van der Waals surface area (Å²) in [5.74, 6) is 1.82. The van der Waals surface area contributed by atoms with Crippen molar-refractivity contribution in [3.8, 4) is 17.2 Å². The molecule has 1 fully saturated rings. The Hall–Kier alpha value is -1.66. The van der Waals surface area contributed by atoms with Gasteiger partial charge in [-0.15, -0.1) is 12.4 Å². The van der Waals surface area contributed by atoms with Crippen LogP contribution < -0.4 is 19.5 Å². The van der Waals surface area contributed by atoms with E-state index in [0.29, 0.717) is 23.7 Å². The van der Waals surface area contributed by atoms with Crippen molar-refractivity contribution in [1.29, 1.82) is 0 Å². The highest BCUT2D eigenvalue weighted by molar-refractivity contribution is 5.85. The number of hydrogen-bond donors (Lipinski definition) is 1. The number of rotatable bonds is 7. The smallest absolute Gasteiger partial charge is 0.227 e. The van der Waals surface area contributed by atoms with E-state index in [1.807, 2.05) is 24.1 Å². The third kappa shape index (κ3) is 4.45. The number of carbonyl (C=O) groups excluding carboxylic acids is 1. The van der Waals surface area contributed by atoms with Gasteiger partial charge in [-0.25, -0.2) is 0 Å². The molecule has 7 heteroatoms. The fourth-order valence-electron chi connectivity index (χ4n) is 3.13. The minimum absolute atomic E-state index is 0. The molecule has 24 heavy (non-hydrogen) atoms. The van der Waals surface area contributed by atoms with Crippen LogP contribution in [0, 0.1) is 0 Å². The van der Waals surface area contributed by atoms with Gasteiger partial charge < -0.3 is 24.4 Å². The van der Waals surface area contributed by atoms with Crippen LogP contribution in [-0.4, -0.2) is 58.3 Å². The molecule has 0 spiro atoms. The van der Waals surface area contributed by atoms with E-state index in [2.05, 4.69) is 5.32 Å². The lowest BCUT2D eigenvalue weighted by Crippen LogP contribution is -2.41. The van der Waals surface area contributed by atoms with Crippen LogP contribution in [0.15, 0.2) is 12.1 Å². The van der Waals surface area contributed by atoms with E-state index in [1.54, 1.807) is 21.3 Å². The minimum Gasteiger partial charge on any atom is -0.493 e. The number of likely N-dealkylation sites (N-methyl/N-ethyl adjacent to an activating group) is 1. The predicted octanol–water partition coefficient (Wildman–Crippen LogP) is 1.89. The number of ether oxygens (including phenoxy) is 3. The van der Waals surface area contributed by atoms with E-state index in [4.69, 9.17) is 14.2 Å². The number of likely N-dealkylation sites (tertiary alicyclic amines) is 1. The summed E-state index contributed by atoms with van der Waals surface area (Å²) in [5.41, 5.74) is 0.861. The van der Waals surface area contributed by atoms with E-state index in [0.717, 1.165) is 31.5 Å². The summed E-state index contributed by atoms with van der Waals surface area (Å²) >= 11 is 0. The Morgan fingerprint density at radius 2 is 1.83 bits per heavy atom. The predicted molar refractivity (Wildman–Crippen MR) is 95.7 cm³/mol. The summed E-state index contributed by atoms with van der Waals surface area (Å²) in [6, 6.07) is 3.96. The van der Waals surface area contributed by atoms with E-state index < -0.39 is 0 Å². The quantitative estimate of drug-likeness (QED) is 0.806. The van der Waals surface area contributed by atoms with Crippen molar-refractivity contribution < 1.29 is 19.0 Å². The maximum Gasteiger partial charge on any atom is 0.227 e. The molecule has 0 aromatic heterocycles. The first-order chi connectivity index (χ1) is 11.1. The van der Waals surface area contributed by atoms with Crippen LogP contribution in [-0.2, 0) is 11.2 Å². The molecule has 1 heterocycles. The Balaban J connectivity index is 0.00000288. The summed E-state index contributed by atoms with van der Waals surface area (Å²) in [6.07, 6.45) is 2.45. The Morgan fingerprint density at radius 1 is 1.21 bits per heavy atom. The lowest BCUT2D eigenvalue weighted by molar-refractivity contribution is -0.131. The van der Waals surface area contributed by atoms with E-state index in [1.165, 1.54) is 0 Å². The van der Waals surface area contributed by atoms with Gasteiger partial charge in [-0.3, -0.25) is 4.79 Å². The van der Waals surface area contributed by atoms with E-state index in [-0.39, 0.29) is 24.4 Å². The highest BCUT2D eigenvalue weighted by Crippen LogP contribution is 2.38. The van der Waals surface area contributed by atoms with Gasteiger partial charge in [0, 0.05) is 19.1 Å². The molecule has 2 rings (SSSR count). The van der Waals surface area contributed by atoms with Gasteiger partial charge in [-0.05, 0) is 37.6 Å². The Labute approximate surface area is 149 Å². The van der Waals surface area contributed by atoms with Gasteiger partial charge in [-0.1, -0.05) is 0 Å². The van der Waals surface area contributed by atoms with Crippen molar-refractivity contribution >= 4 is 18.3 Å². The van der Waals surface area contributed by atoms with Crippen molar-refractivity contribution in [3.05, 3.63) is 17.7 Å². The molecule has 1 aromatic rings. The molecule has 1 aromatic carbocycles. The topological polar surface area (TPSA) is 60.0 Å². The zero-order valence-corrected chi connectivity index (χ0v) is 15.6. The fraction of sp³-hybridized carbons (Fsp3) is 0.588. The average molecular weight is 359 g/mol. The molecule has 1 saturated heterocycles. The monoisotopic (exact) mass is 358 g/mol. The van der Waals surface area contributed by atoms with Crippen molar-refractivity contribution in [1.82, 2.24) is 10.2 Å². The number of benzene rings is 1. The zero-order valence-electron chi connectivity index (χ0n) is 14.8. The van der Waals surface area contributed by atoms with Crippen molar-refractivity contribution in [3.63, 3.8) is 0 Å². The van der Waals surface area contributed by atoms with Crippen LogP contribution in [0.4, 0.5) is 0 Å². The Kier molecular flexibility index (Phi) is 8.15. The van der Waals surface area contributed by atoms with Crippen LogP contribution in [0.1, 0.15) is 18.4 Å². The molecule has 1 atom stereocenters. The highest BCUT2D eigenvalue weighted by Gasteiger charge is 2.28. The first-order valence-electron chi connectivity index (χ1n) is 7.87. The van der Waals surface area contributed by atoms with Crippen LogP contribution in [0.25, 0.3) is 0 Å². The Bertz CT molecular complexity index is 528. The van der Waals surface area contributed by atoms with Crippen LogP contribution >= 0.6 is 12.4 Å². The number of carbonyl (C=O) groups is 1. The number of nitrogens with zero attached hydrogens (tertiary/aromatic N) is 1.